The highest BCUT2D eigenvalue weighted by Crippen LogP contribution is 2.37. The zero-order chi connectivity index (χ0) is 29.6. The number of amides is 3. The Kier molecular flexibility index (Phi) is 10.9. The molecule has 218 valence electrons. The third-order valence-electron chi connectivity index (χ3n) is 7.32. The summed E-state index contributed by atoms with van der Waals surface area (Å²) in [5, 5.41) is 13.8. The van der Waals surface area contributed by atoms with E-state index in [9.17, 15) is 19.5 Å². The van der Waals surface area contributed by atoms with Crippen molar-refractivity contribution in [1.29, 1.82) is 0 Å². The number of nitrogens with zero attached hydrogens (tertiary/aromatic N) is 3. The van der Waals surface area contributed by atoms with Gasteiger partial charge in [0.1, 0.15) is 0 Å². The second kappa shape index (κ2) is 13.7. The summed E-state index contributed by atoms with van der Waals surface area (Å²) in [7, 11) is 0. The minimum Gasteiger partial charge on any atom is -0.481 e. The summed E-state index contributed by atoms with van der Waals surface area (Å²) in [4.78, 5) is 44.6. The van der Waals surface area contributed by atoms with Crippen molar-refractivity contribution in [1.82, 2.24) is 15.1 Å². The van der Waals surface area contributed by atoms with Gasteiger partial charge in [0.05, 0.1) is 6.42 Å². The number of nitrogens with one attached hydrogen (secondary N) is 1. The number of aliphatic carboxylic acids is 1. The van der Waals surface area contributed by atoms with Gasteiger partial charge in [0.2, 0.25) is 5.91 Å². The first-order chi connectivity index (χ1) is 18.8. The minimum atomic E-state index is -1.03. The highest BCUT2D eigenvalue weighted by molar-refractivity contribution is 6.35. The fourth-order valence-electron chi connectivity index (χ4n) is 5.45. The van der Waals surface area contributed by atoms with Gasteiger partial charge in [-0.05, 0) is 64.4 Å². The molecule has 2 aromatic carbocycles. The molecular weight excluding hydrogens is 551 g/mol. The SMILES string of the molecule is Cc1ccc(N2CC(CC(=O)O)(CC(=O)NCCN(C(C)C)C(C)C)CN(Cc3ccc(Cl)cc3Cl)C2=O)cc1. The van der Waals surface area contributed by atoms with Gasteiger partial charge in [0, 0.05) is 72.4 Å². The Morgan fingerprint density at radius 3 is 2.25 bits per heavy atom. The molecule has 0 bridgehead atoms. The van der Waals surface area contributed by atoms with Gasteiger partial charge in [-0.25, -0.2) is 4.79 Å². The van der Waals surface area contributed by atoms with Gasteiger partial charge in [0.25, 0.3) is 0 Å². The lowest BCUT2D eigenvalue weighted by Gasteiger charge is -2.47. The average Bonchev–Trinajstić information content (AvgIpc) is 2.85. The van der Waals surface area contributed by atoms with Crippen molar-refractivity contribution in [2.45, 2.75) is 66.1 Å². The first-order valence-corrected chi connectivity index (χ1v) is 14.4. The van der Waals surface area contributed by atoms with Crippen molar-refractivity contribution in [2.75, 3.05) is 31.1 Å². The second-order valence-electron chi connectivity index (χ2n) is 11.3. The molecule has 1 fully saturated rings. The predicted molar refractivity (Wildman–Crippen MR) is 160 cm³/mol. The first kappa shape index (κ1) is 31.7. The van der Waals surface area contributed by atoms with E-state index in [2.05, 4.69) is 37.9 Å². The fraction of sp³-hybridized carbons (Fsp3) is 0.500. The van der Waals surface area contributed by atoms with Crippen molar-refractivity contribution >= 4 is 46.8 Å². The Bertz CT molecular complexity index is 1200. The number of hydrogen-bond acceptors (Lipinski definition) is 4. The number of carboxylic acid groups (broad SMARTS) is 1. The molecule has 1 atom stereocenters. The summed E-state index contributed by atoms with van der Waals surface area (Å²) in [5.41, 5.74) is 1.33. The molecule has 40 heavy (non-hydrogen) atoms. The Hall–Kier alpha value is -2.81. The Labute approximate surface area is 247 Å². The molecule has 1 heterocycles. The molecular formula is C30H40Cl2N4O4. The van der Waals surface area contributed by atoms with Gasteiger partial charge in [-0.1, -0.05) is 47.0 Å². The maximum absolute atomic E-state index is 13.8. The van der Waals surface area contributed by atoms with Crippen molar-refractivity contribution in [2.24, 2.45) is 5.41 Å². The van der Waals surface area contributed by atoms with Crippen LogP contribution < -0.4 is 10.2 Å². The number of hydrogen-bond donors (Lipinski definition) is 2. The number of carboxylic acids is 1. The lowest BCUT2D eigenvalue weighted by Crippen LogP contribution is -2.60. The third-order valence-corrected chi connectivity index (χ3v) is 7.91. The van der Waals surface area contributed by atoms with Crippen molar-refractivity contribution in [3.05, 3.63) is 63.6 Å². The Morgan fingerprint density at radius 2 is 1.68 bits per heavy atom. The first-order valence-electron chi connectivity index (χ1n) is 13.6. The molecule has 10 heteroatoms. The molecule has 2 aromatic rings. The van der Waals surface area contributed by atoms with Gasteiger partial charge < -0.3 is 15.3 Å². The summed E-state index contributed by atoms with van der Waals surface area (Å²) >= 11 is 12.5. The maximum Gasteiger partial charge on any atom is 0.324 e. The van der Waals surface area contributed by atoms with E-state index < -0.39 is 11.4 Å². The number of carbonyl (C=O) groups excluding carboxylic acids is 2. The molecule has 0 saturated carbocycles. The van der Waals surface area contributed by atoms with Crippen LogP contribution in [-0.4, -0.2) is 71.1 Å². The second-order valence-corrected chi connectivity index (χ2v) is 12.2. The molecule has 3 amide bonds. The highest BCUT2D eigenvalue weighted by Gasteiger charge is 2.46. The van der Waals surface area contributed by atoms with E-state index in [1.54, 1.807) is 28.0 Å². The van der Waals surface area contributed by atoms with E-state index in [4.69, 9.17) is 23.2 Å². The summed E-state index contributed by atoms with van der Waals surface area (Å²) < 4.78 is 0. The summed E-state index contributed by atoms with van der Waals surface area (Å²) in [6, 6.07) is 12.9. The van der Waals surface area contributed by atoms with Crippen LogP contribution in [0, 0.1) is 12.3 Å². The smallest absolute Gasteiger partial charge is 0.324 e. The van der Waals surface area contributed by atoms with Crippen molar-refractivity contribution < 1.29 is 19.5 Å². The van der Waals surface area contributed by atoms with Crippen LogP contribution in [0.1, 0.15) is 51.7 Å². The molecule has 1 unspecified atom stereocenters. The number of benzene rings is 2. The van der Waals surface area contributed by atoms with E-state index in [1.165, 1.54) is 0 Å². The predicted octanol–water partition coefficient (Wildman–Crippen LogP) is 5.83. The molecule has 0 aromatic heterocycles. The summed E-state index contributed by atoms with van der Waals surface area (Å²) in [5.74, 6) is -1.27. The number of aryl methyl sites for hydroxylation is 1. The molecule has 2 N–H and O–H groups in total. The van der Waals surface area contributed by atoms with E-state index in [0.717, 1.165) is 5.56 Å². The normalized spacial score (nSPS) is 17.7. The summed E-state index contributed by atoms with van der Waals surface area (Å²) in [6.07, 6.45) is -0.311. The number of rotatable bonds is 12. The minimum absolute atomic E-state index is 0.0385. The van der Waals surface area contributed by atoms with Crippen LogP contribution in [0.2, 0.25) is 10.0 Å². The molecule has 0 spiro atoms. The molecule has 1 aliphatic heterocycles. The Morgan fingerprint density at radius 1 is 1.02 bits per heavy atom. The number of halogens is 2. The number of urea groups is 1. The standard InChI is InChI=1S/C30H40Cl2N4O4/c1-20(2)35(21(3)4)13-12-33-27(37)15-30(16-28(38)39)18-34(17-23-8-9-24(31)14-26(23)32)29(40)36(19-30)25-10-6-22(5)7-11-25/h6-11,14,20-21H,12-13,15-19H2,1-5H3,(H,33,37)(H,38,39). The lowest BCUT2D eigenvalue weighted by molar-refractivity contribution is -0.140. The fourth-order valence-corrected chi connectivity index (χ4v) is 5.92. The van der Waals surface area contributed by atoms with Gasteiger partial charge in [-0.3, -0.25) is 19.4 Å². The zero-order valence-electron chi connectivity index (χ0n) is 23.9. The molecule has 1 saturated heterocycles. The molecule has 8 nitrogen and oxygen atoms in total. The van der Waals surface area contributed by atoms with Gasteiger partial charge in [-0.15, -0.1) is 0 Å². The molecule has 1 aliphatic rings. The van der Waals surface area contributed by atoms with Gasteiger partial charge in [0.15, 0.2) is 0 Å². The lowest BCUT2D eigenvalue weighted by atomic mass is 9.78. The molecule has 0 aliphatic carbocycles. The van der Waals surface area contributed by atoms with Gasteiger partial charge in [-0.2, -0.15) is 0 Å². The number of anilines is 1. The monoisotopic (exact) mass is 590 g/mol. The average molecular weight is 592 g/mol. The highest BCUT2D eigenvalue weighted by atomic mass is 35.5. The van der Waals surface area contributed by atoms with Crippen LogP contribution in [-0.2, 0) is 16.1 Å². The number of carbonyl (C=O) groups is 3. The zero-order valence-corrected chi connectivity index (χ0v) is 25.4. The van der Waals surface area contributed by atoms with Crippen LogP contribution in [0.5, 0.6) is 0 Å². The van der Waals surface area contributed by atoms with E-state index in [0.29, 0.717) is 46.5 Å². The van der Waals surface area contributed by atoms with E-state index >= 15 is 0 Å². The van der Waals surface area contributed by atoms with Crippen LogP contribution in [0.4, 0.5) is 10.5 Å². The van der Waals surface area contributed by atoms with Crippen LogP contribution in [0.25, 0.3) is 0 Å². The van der Waals surface area contributed by atoms with Crippen LogP contribution in [0.15, 0.2) is 42.5 Å². The van der Waals surface area contributed by atoms with Crippen LogP contribution >= 0.6 is 23.2 Å². The van der Waals surface area contributed by atoms with Gasteiger partial charge >= 0.3 is 12.0 Å². The Balaban J connectivity index is 1.90. The van der Waals surface area contributed by atoms with E-state index in [1.807, 2.05) is 31.2 Å². The molecule has 0 radical (unpaired) electrons. The maximum atomic E-state index is 13.8. The van der Waals surface area contributed by atoms with Crippen LogP contribution in [0.3, 0.4) is 0 Å². The van der Waals surface area contributed by atoms with Crippen molar-refractivity contribution in [3.8, 4) is 0 Å². The third kappa shape index (κ3) is 8.35. The topological polar surface area (TPSA) is 93.2 Å². The summed E-state index contributed by atoms with van der Waals surface area (Å²) in [6.45, 7) is 11.9. The quantitative estimate of drug-likeness (QED) is 0.324. The largest absolute Gasteiger partial charge is 0.481 e. The van der Waals surface area contributed by atoms with Crippen molar-refractivity contribution in [3.63, 3.8) is 0 Å². The van der Waals surface area contributed by atoms with E-state index in [-0.39, 0.29) is 44.4 Å². The molecule has 3 rings (SSSR count).